The smallest absolute Gasteiger partial charge is 0.249 e. The first-order valence-electron chi connectivity index (χ1n) is 6.96. The normalized spacial score (nSPS) is 10.2. The van der Waals surface area contributed by atoms with Crippen molar-refractivity contribution in [3.05, 3.63) is 66.1 Å². The number of aryl methyl sites for hydroxylation is 1. The van der Waals surface area contributed by atoms with Crippen molar-refractivity contribution in [1.82, 2.24) is 20.2 Å². The molecule has 0 spiro atoms. The van der Waals surface area contributed by atoms with Gasteiger partial charge in [0.2, 0.25) is 5.95 Å². The minimum absolute atomic E-state index is 0.463. The lowest BCUT2D eigenvalue weighted by Crippen LogP contribution is -2.06. The van der Waals surface area contributed by atoms with Crippen molar-refractivity contribution in [2.75, 3.05) is 10.6 Å². The Labute approximate surface area is 128 Å². The maximum absolute atomic E-state index is 4.41. The Balaban J connectivity index is 1.69. The fourth-order valence-corrected chi connectivity index (χ4v) is 1.97. The highest BCUT2D eigenvalue weighted by molar-refractivity contribution is 5.58. The van der Waals surface area contributed by atoms with Gasteiger partial charge in [0.1, 0.15) is 0 Å². The fraction of sp³-hybridized carbons (Fsp3) is 0.125. The molecule has 0 fully saturated rings. The Bertz CT molecular complexity index is 744. The Morgan fingerprint density at radius 1 is 1.05 bits per heavy atom. The molecule has 0 unspecified atom stereocenters. The van der Waals surface area contributed by atoms with Crippen LogP contribution in [0.3, 0.4) is 0 Å². The van der Waals surface area contributed by atoms with Gasteiger partial charge in [-0.3, -0.25) is 4.98 Å². The first-order valence-corrected chi connectivity index (χ1v) is 6.96. The van der Waals surface area contributed by atoms with Crippen molar-refractivity contribution in [2.24, 2.45) is 0 Å². The van der Waals surface area contributed by atoms with Crippen LogP contribution in [0, 0.1) is 6.92 Å². The topological polar surface area (TPSA) is 75.6 Å². The molecule has 0 saturated heterocycles. The molecule has 2 heterocycles. The third kappa shape index (κ3) is 3.54. The number of nitrogens with one attached hydrogen (secondary N) is 2. The van der Waals surface area contributed by atoms with E-state index in [1.54, 1.807) is 12.4 Å². The summed E-state index contributed by atoms with van der Waals surface area (Å²) in [6.07, 6.45) is 5.16. The molecular weight excluding hydrogens is 276 g/mol. The highest BCUT2D eigenvalue weighted by atomic mass is 15.3. The molecule has 0 aliphatic carbocycles. The molecule has 3 aromatic rings. The zero-order valence-corrected chi connectivity index (χ0v) is 12.2. The van der Waals surface area contributed by atoms with Crippen LogP contribution in [0.1, 0.15) is 11.1 Å². The molecule has 0 aliphatic rings. The number of para-hydroxylation sites is 1. The SMILES string of the molecule is Cc1ccccc1Nc1nncc(NCc2cccnc2)n1. The summed E-state index contributed by atoms with van der Waals surface area (Å²) in [5.74, 6) is 1.13. The number of aromatic nitrogens is 4. The summed E-state index contributed by atoms with van der Waals surface area (Å²) in [4.78, 5) is 8.49. The fourth-order valence-electron chi connectivity index (χ4n) is 1.97. The third-order valence-electron chi connectivity index (χ3n) is 3.15. The molecule has 0 aliphatic heterocycles. The second kappa shape index (κ2) is 6.62. The van der Waals surface area contributed by atoms with Crippen molar-refractivity contribution in [2.45, 2.75) is 13.5 Å². The number of benzene rings is 1. The molecule has 0 atom stereocenters. The lowest BCUT2D eigenvalue weighted by molar-refractivity contribution is 0.964. The van der Waals surface area contributed by atoms with Crippen molar-refractivity contribution in [3.8, 4) is 0 Å². The van der Waals surface area contributed by atoms with Gasteiger partial charge < -0.3 is 10.6 Å². The van der Waals surface area contributed by atoms with Gasteiger partial charge in [0, 0.05) is 24.6 Å². The summed E-state index contributed by atoms with van der Waals surface area (Å²) in [6, 6.07) is 11.9. The van der Waals surface area contributed by atoms with Crippen molar-refractivity contribution in [1.29, 1.82) is 0 Å². The molecule has 0 bridgehead atoms. The van der Waals surface area contributed by atoms with E-state index in [4.69, 9.17) is 0 Å². The minimum atomic E-state index is 0.463. The van der Waals surface area contributed by atoms with Crippen LogP contribution in [-0.2, 0) is 6.54 Å². The van der Waals surface area contributed by atoms with E-state index in [9.17, 15) is 0 Å². The van der Waals surface area contributed by atoms with Gasteiger partial charge in [-0.2, -0.15) is 10.1 Å². The number of hydrogen-bond donors (Lipinski definition) is 2. The first kappa shape index (κ1) is 13.9. The molecule has 6 nitrogen and oxygen atoms in total. The van der Waals surface area contributed by atoms with Crippen LogP contribution >= 0.6 is 0 Å². The number of rotatable bonds is 5. The van der Waals surface area contributed by atoms with E-state index >= 15 is 0 Å². The lowest BCUT2D eigenvalue weighted by Gasteiger charge is -2.09. The molecule has 2 aromatic heterocycles. The summed E-state index contributed by atoms with van der Waals surface area (Å²) < 4.78 is 0. The molecule has 22 heavy (non-hydrogen) atoms. The number of pyridine rings is 1. The minimum Gasteiger partial charge on any atom is -0.364 e. The second-order valence-electron chi connectivity index (χ2n) is 4.82. The van der Waals surface area contributed by atoms with Gasteiger partial charge in [-0.1, -0.05) is 24.3 Å². The molecule has 2 N–H and O–H groups in total. The highest BCUT2D eigenvalue weighted by Crippen LogP contribution is 2.17. The Kier molecular flexibility index (Phi) is 4.20. The predicted octanol–water partition coefficient (Wildman–Crippen LogP) is 2.93. The Morgan fingerprint density at radius 2 is 1.95 bits per heavy atom. The maximum atomic E-state index is 4.41. The molecule has 3 rings (SSSR count). The summed E-state index contributed by atoms with van der Waals surface area (Å²) in [7, 11) is 0. The third-order valence-corrected chi connectivity index (χ3v) is 3.15. The van der Waals surface area contributed by atoms with Gasteiger partial charge >= 0.3 is 0 Å². The summed E-state index contributed by atoms with van der Waals surface area (Å²) in [5.41, 5.74) is 3.17. The van der Waals surface area contributed by atoms with Gasteiger partial charge in [0.15, 0.2) is 5.82 Å². The van der Waals surface area contributed by atoms with E-state index in [1.165, 1.54) is 0 Å². The van der Waals surface area contributed by atoms with E-state index in [2.05, 4.69) is 30.8 Å². The molecule has 1 aromatic carbocycles. The highest BCUT2D eigenvalue weighted by Gasteiger charge is 2.03. The second-order valence-corrected chi connectivity index (χ2v) is 4.82. The molecule has 6 heteroatoms. The molecule has 0 saturated carbocycles. The maximum Gasteiger partial charge on any atom is 0.249 e. The van der Waals surface area contributed by atoms with Crippen molar-refractivity contribution >= 4 is 17.5 Å². The van der Waals surface area contributed by atoms with Crippen LogP contribution in [0.4, 0.5) is 17.5 Å². The van der Waals surface area contributed by atoms with E-state index in [0.29, 0.717) is 18.3 Å². The average Bonchev–Trinajstić information content (AvgIpc) is 2.57. The average molecular weight is 292 g/mol. The summed E-state index contributed by atoms with van der Waals surface area (Å²) in [5, 5.41) is 14.4. The van der Waals surface area contributed by atoms with Crippen LogP contribution in [0.25, 0.3) is 0 Å². The Hall–Kier alpha value is -3.02. The van der Waals surface area contributed by atoms with E-state index in [0.717, 1.165) is 16.8 Å². The lowest BCUT2D eigenvalue weighted by atomic mass is 10.2. The predicted molar refractivity (Wildman–Crippen MR) is 85.9 cm³/mol. The largest absolute Gasteiger partial charge is 0.364 e. The van der Waals surface area contributed by atoms with Gasteiger partial charge in [0.05, 0.1) is 6.20 Å². The zero-order valence-electron chi connectivity index (χ0n) is 12.2. The quantitative estimate of drug-likeness (QED) is 0.753. The van der Waals surface area contributed by atoms with Crippen molar-refractivity contribution in [3.63, 3.8) is 0 Å². The van der Waals surface area contributed by atoms with E-state index in [-0.39, 0.29) is 0 Å². The van der Waals surface area contributed by atoms with E-state index < -0.39 is 0 Å². The zero-order chi connectivity index (χ0) is 15.2. The van der Waals surface area contributed by atoms with Crippen LogP contribution in [-0.4, -0.2) is 20.2 Å². The standard InChI is InChI=1S/C16H16N6/c1-12-5-2-3-7-14(12)20-16-21-15(11-19-22-16)18-10-13-6-4-8-17-9-13/h2-9,11H,10H2,1H3,(H2,18,20,21,22). The van der Waals surface area contributed by atoms with Crippen LogP contribution < -0.4 is 10.6 Å². The molecule has 0 amide bonds. The van der Waals surface area contributed by atoms with Gasteiger partial charge in [-0.05, 0) is 30.2 Å². The monoisotopic (exact) mass is 292 g/mol. The van der Waals surface area contributed by atoms with Crippen LogP contribution in [0.5, 0.6) is 0 Å². The van der Waals surface area contributed by atoms with Crippen LogP contribution in [0.2, 0.25) is 0 Å². The summed E-state index contributed by atoms with van der Waals surface area (Å²) in [6.45, 7) is 2.66. The van der Waals surface area contributed by atoms with Crippen molar-refractivity contribution < 1.29 is 0 Å². The van der Waals surface area contributed by atoms with Gasteiger partial charge in [-0.15, -0.1) is 5.10 Å². The molecule has 0 radical (unpaired) electrons. The number of anilines is 3. The number of hydrogen-bond acceptors (Lipinski definition) is 6. The van der Waals surface area contributed by atoms with Gasteiger partial charge in [0.25, 0.3) is 0 Å². The number of nitrogens with zero attached hydrogens (tertiary/aromatic N) is 4. The molecular formula is C16H16N6. The van der Waals surface area contributed by atoms with Gasteiger partial charge in [-0.25, -0.2) is 0 Å². The van der Waals surface area contributed by atoms with E-state index in [1.807, 2.05) is 49.5 Å². The molecule has 110 valence electrons. The Morgan fingerprint density at radius 3 is 2.77 bits per heavy atom. The first-order chi connectivity index (χ1) is 10.8. The van der Waals surface area contributed by atoms with Crippen LogP contribution in [0.15, 0.2) is 55.0 Å². The summed E-state index contributed by atoms with van der Waals surface area (Å²) >= 11 is 0.